The predicted molar refractivity (Wildman–Crippen MR) is 90.4 cm³/mol. The fourth-order valence-electron chi connectivity index (χ4n) is 3.46. The van der Waals surface area contributed by atoms with E-state index in [2.05, 4.69) is 4.90 Å². The van der Waals surface area contributed by atoms with Crippen molar-refractivity contribution >= 4 is 17.6 Å². The van der Waals surface area contributed by atoms with Gasteiger partial charge in [-0.25, -0.2) is 4.79 Å². The first-order valence-electron chi connectivity index (χ1n) is 8.50. The Balaban J connectivity index is 1.77. The van der Waals surface area contributed by atoms with Crippen LogP contribution in [-0.4, -0.2) is 60.3 Å². The lowest BCUT2D eigenvalue weighted by Crippen LogP contribution is -2.57. The molecule has 6 nitrogen and oxygen atoms in total. The number of benzene rings is 1. The third-order valence-electron chi connectivity index (χ3n) is 5.09. The van der Waals surface area contributed by atoms with E-state index in [0.717, 1.165) is 31.6 Å². The Bertz CT molecular complexity index is 610. The van der Waals surface area contributed by atoms with Crippen LogP contribution >= 0.6 is 0 Å². The Hall–Kier alpha value is -2.08. The van der Waals surface area contributed by atoms with Crippen molar-refractivity contribution < 1.29 is 19.4 Å². The number of anilines is 1. The van der Waals surface area contributed by atoms with Crippen LogP contribution in [0.1, 0.15) is 36.5 Å². The van der Waals surface area contributed by atoms with Crippen molar-refractivity contribution in [3.8, 4) is 0 Å². The normalized spacial score (nSPS) is 24.7. The Morgan fingerprint density at radius 1 is 1.08 bits per heavy atom. The molecule has 0 radical (unpaired) electrons. The van der Waals surface area contributed by atoms with Crippen LogP contribution in [0, 0.1) is 0 Å². The van der Waals surface area contributed by atoms with Gasteiger partial charge in [0.05, 0.1) is 13.2 Å². The number of hydrogen-bond donors (Lipinski definition) is 1. The zero-order valence-corrected chi connectivity index (χ0v) is 14.0. The second-order valence-corrected chi connectivity index (χ2v) is 6.64. The third kappa shape index (κ3) is 3.11. The van der Waals surface area contributed by atoms with Crippen molar-refractivity contribution in [1.82, 2.24) is 4.90 Å². The lowest BCUT2D eigenvalue weighted by atomic mass is 9.88. The maximum atomic E-state index is 12.8. The van der Waals surface area contributed by atoms with Crippen LogP contribution in [0.2, 0.25) is 0 Å². The van der Waals surface area contributed by atoms with E-state index in [4.69, 9.17) is 4.74 Å². The molecule has 130 valence electrons. The monoisotopic (exact) mass is 332 g/mol. The SMILES string of the molecule is CC1(C(=O)O)CCCCN1C(=O)c1ccc(N2CCOCC2)cc1. The highest BCUT2D eigenvalue weighted by atomic mass is 16.5. The third-order valence-corrected chi connectivity index (χ3v) is 5.09. The molecule has 1 aromatic carbocycles. The number of aliphatic carboxylic acids is 1. The van der Waals surface area contributed by atoms with E-state index in [1.54, 1.807) is 19.1 Å². The number of carboxylic acid groups (broad SMARTS) is 1. The number of nitrogens with zero attached hydrogens (tertiary/aromatic N) is 2. The molecule has 24 heavy (non-hydrogen) atoms. The van der Waals surface area contributed by atoms with Crippen molar-refractivity contribution in [2.45, 2.75) is 31.7 Å². The first kappa shape index (κ1) is 16.8. The summed E-state index contributed by atoms with van der Waals surface area (Å²) in [4.78, 5) is 28.2. The summed E-state index contributed by atoms with van der Waals surface area (Å²) in [6.45, 7) is 5.26. The molecule has 6 heteroatoms. The Morgan fingerprint density at radius 2 is 1.75 bits per heavy atom. The summed E-state index contributed by atoms with van der Waals surface area (Å²) in [6, 6.07) is 7.45. The van der Waals surface area contributed by atoms with Gasteiger partial charge in [-0.3, -0.25) is 4.79 Å². The molecule has 0 aromatic heterocycles. The summed E-state index contributed by atoms with van der Waals surface area (Å²) in [6.07, 6.45) is 2.18. The predicted octanol–water partition coefficient (Wildman–Crippen LogP) is 1.99. The van der Waals surface area contributed by atoms with E-state index in [1.807, 2.05) is 12.1 Å². The van der Waals surface area contributed by atoms with E-state index < -0.39 is 11.5 Å². The fourth-order valence-corrected chi connectivity index (χ4v) is 3.46. The Labute approximate surface area is 142 Å². The van der Waals surface area contributed by atoms with Crippen LogP contribution in [0.3, 0.4) is 0 Å². The molecule has 0 bridgehead atoms. The number of morpholine rings is 1. The molecular weight excluding hydrogens is 308 g/mol. The smallest absolute Gasteiger partial charge is 0.329 e. The highest BCUT2D eigenvalue weighted by molar-refractivity contribution is 5.98. The highest BCUT2D eigenvalue weighted by Gasteiger charge is 2.44. The number of carbonyl (C=O) groups is 2. The lowest BCUT2D eigenvalue weighted by Gasteiger charge is -2.41. The van der Waals surface area contributed by atoms with Gasteiger partial charge in [-0.15, -0.1) is 0 Å². The molecule has 3 rings (SSSR count). The molecule has 1 amide bonds. The molecule has 1 N–H and O–H groups in total. The molecular formula is C18H24N2O4. The molecule has 0 aliphatic carbocycles. The number of rotatable bonds is 3. The van der Waals surface area contributed by atoms with Crippen LogP contribution in [0.25, 0.3) is 0 Å². The van der Waals surface area contributed by atoms with Crippen molar-refractivity contribution in [1.29, 1.82) is 0 Å². The van der Waals surface area contributed by atoms with Gasteiger partial charge in [-0.2, -0.15) is 0 Å². The van der Waals surface area contributed by atoms with E-state index in [0.29, 0.717) is 31.7 Å². The van der Waals surface area contributed by atoms with Gasteiger partial charge in [-0.05, 0) is 50.5 Å². The van der Waals surface area contributed by atoms with Crippen molar-refractivity contribution in [2.24, 2.45) is 0 Å². The molecule has 2 heterocycles. The number of hydrogen-bond acceptors (Lipinski definition) is 4. The van der Waals surface area contributed by atoms with Crippen molar-refractivity contribution in [3.05, 3.63) is 29.8 Å². The number of amides is 1. The fraction of sp³-hybridized carbons (Fsp3) is 0.556. The molecule has 1 aromatic rings. The van der Waals surface area contributed by atoms with Gasteiger partial charge in [0.25, 0.3) is 5.91 Å². The summed E-state index contributed by atoms with van der Waals surface area (Å²) < 4.78 is 5.35. The van der Waals surface area contributed by atoms with E-state index in [-0.39, 0.29) is 5.91 Å². The number of carbonyl (C=O) groups excluding carboxylic acids is 1. The summed E-state index contributed by atoms with van der Waals surface area (Å²) in [5.74, 6) is -1.13. The maximum absolute atomic E-state index is 12.8. The summed E-state index contributed by atoms with van der Waals surface area (Å²) in [5.41, 5.74) is 0.494. The molecule has 1 unspecified atom stereocenters. The summed E-state index contributed by atoms with van der Waals surface area (Å²) in [7, 11) is 0. The van der Waals surface area contributed by atoms with E-state index >= 15 is 0 Å². The van der Waals surface area contributed by atoms with Gasteiger partial charge < -0.3 is 19.6 Å². The minimum atomic E-state index is -1.11. The van der Waals surface area contributed by atoms with Crippen LogP contribution in [0.4, 0.5) is 5.69 Å². The molecule has 2 aliphatic heterocycles. The summed E-state index contributed by atoms with van der Waals surface area (Å²) >= 11 is 0. The second-order valence-electron chi connectivity index (χ2n) is 6.64. The largest absolute Gasteiger partial charge is 0.480 e. The number of carboxylic acids is 1. The number of likely N-dealkylation sites (tertiary alicyclic amines) is 1. The van der Waals surface area contributed by atoms with Crippen molar-refractivity contribution in [2.75, 3.05) is 37.7 Å². The molecule has 0 saturated carbocycles. The average Bonchev–Trinajstić information content (AvgIpc) is 2.62. The lowest BCUT2D eigenvalue weighted by molar-refractivity contribution is -0.150. The molecule has 0 spiro atoms. The highest BCUT2D eigenvalue weighted by Crippen LogP contribution is 2.30. The van der Waals surface area contributed by atoms with Gasteiger partial charge in [0.2, 0.25) is 0 Å². The van der Waals surface area contributed by atoms with Gasteiger partial charge in [0.15, 0.2) is 0 Å². The van der Waals surface area contributed by atoms with Crippen LogP contribution in [0.5, 0.6) is 0 Å². The van der Waals surface area contributed by atoms with Gasteiger partial charge in [0, 0.05) is 30.9 Å². The van der Waals surface area contributed by atoms with Gasteiger partial charge in [0.1, 0.15) is 5.54 Å². The number of ether oxygens (including phenoxy) is 1. The van der Waals surface area contributed by atoms with Gasteiger partial charge in [-0.1, -0.05) is 0 Å². The van der Waals surface area contributed by atoms with Crippen LogP contribution in [-0.2, 0) is 9.53 Å². The molecule has 1 atom stereocenters. The standard InChI is InChI=1S/C18H24N2O4/c1-18(17(22)23)8-2-3-9-20(18)16(21)14-4-6-15(7-5-14)19-10-12-24-13-11-19/h4-7H,2-3,8-13H2,1H3,(H,22,23). The van der Waals surface area contributed by atoms with Crippen molar-refractivity contribution in [3.63, 3.8) is 0 Å². The van der Waals surface area contributed by atoms with Gasteiger partial charge >= 0.3 is 5.97 Å². The molecule has 2 fully saturated rings. The maximum Gasteiger partial charge on any atom is 0.329 e. The Kier molecular flexibility index (Phi) is 4.76. The van der Waals surface area contributed by atoms with Crippen LogP contribution < -0.4 is 4.90 Å². The quantitative estimate of drug-likeness (QED) is 0.917. The first-order chi connectivity index (χ1) is 11.5. The minimum absolute atomic E-state index is 0.201. The molecule has 2 aliphatic rings. The second kappa shape index (κ2) is 6.81. The van der Waals surface area contributed by atoms with E-state index in [1.165, 1.54) is 4.90 Å². The summed E-state index contributed by atoms with van der Waals surface area (Å²) in [5, 5.41) is 9.57. The zero-order valence-electron chi connectivity index (χ0n) is 14.0. The Morgan fingerprint density at radius 3 is 2.38 bits per heavy atom. The average molecular weight is 332 g/mol. The molecule has 2 saturated heterocycles. The van der Waals surface area contributed by atoms with E-state index in [9.17, 15) is 14.7 Å². The van der Waals surface area contributed by atoms with Crippen LogP contribution in [0.15, 0.2) is 24.3 Å². The zero-order chi connectivity index (χ0) is 17.2. The topological polar surface area (TPSA) is 70.1 Å². The number of piperidine rings is 1. The first-order valence-corrected chi connectivity index (χ1v) is 8.50. The minimum Gasteiger partial charge on any atom is -0.480 e.